The Labute approximate surface area is 105 Å². The topological polar surface area (TPSA) is 51.5 Å². The Morgan fingerprint density at radius 1 is 1.39 bits per heavy atom. The van der Waals surface area contributed by atoms with Crippen LogP contribution >= 0.6 is 0 Å². The van der Waals surface area contributed by atoms with Crippen LogP contribution in [0.25, 0.3) is 11.0 Å². The molecule has 1 unspecified atom stereocenters. The zero-order valence-corrected chi connectivity index (χ0v) is 10.2. The van der Waals surface area contributed by atoms with Crippen LogP contribution in [0.3, 0.4) is 0 Å². The Morgan fingerprint density at radius 3 is 3.06 bits per heavy atom. The van der Waals surface area contributed by atoms with Crippen LogP contribution in [0.5, 0.6) is 0 Å². The molecule has 1 aromatic heterocycles. The molecule has 1 saturated heterocycles. The molecule has 1 amide bonds. The van der Waals surface area contributed by atoms with E-state index in [9.17, 15) is 4.79 Å². The molecule has 2 aromatic rings. The summed E-state index contributed by atoms with van der Waals surface area (Å²) in [5.41, 5.74) is 1.48. The molecular formula is C14H15NO3. The summed E-state index contributed by atoms with van der Waals surface area (Å²) in [5, 5.41) is 3.93. The lowest BCUT2D eigenvalue weighted by atomic mass is 10.1. The molecule has 0 saturated carbocycles. The maximum absolute atomic E-state index is 12.1. The second kappa shape index (κ2) is 4.46. The van der Waals surface area contributed by atoms with E-state index in [2.05, 4.69) is 5.32 Å². The summed E-state index contributed by atoms with van der Waals surface area (Å²) < 4.78 is 10.7. The molecule has 1 aliphatic rings. The van der Waals surface area contributed by atoms with E-state index in [4.69, 9.17) is 9.15 Å². The number of carbonyl (C=O) groups is 1. The number of amides is 1. The van der Waals surface area contributed by atoms with Gasteiger partial charge in [-0.1, -0.05) is 0 Å². The molecule has 2 heterocycles. The first kappa shape index (κ1) is 11.3. The molecule has 1 atom stereocenters. The van der Waals surface area contributed by atoms with Gasteiger partial charge in [0.05, 0.1) is 12.6 Å². The first-order chi connectivity index (χ1) is 8.72. The Bertz CT molecular complexity index is 582. The van der Waals surface area contributed by atoms with Gasteiger partial charge in [0.2, 0.25) is 0 Å². The van der Waals surface area contributed by atoms with E-state index >= 15 is 0 Å². The van der Waals surface area contributed by atoms with Gasteiger partial charge in [0, 0.05) is 17.6 Å². The highest BCUT2D eigenvalue weighted by Crippen LogP contribution is 2.20. The second-order valence-corrected chi connectivity index (χ2v) is 4.64. The maximum Gasteiger partial charge on any atom is 0.251 e. The molecule has 1 fully saturated rings. The molecule has 0 bridgehead atoms. The molecule has 1 N–H and O–H groups in total. The third-order valence-corrected chi connectivity index (χ3v) is 3.17. The zero-order valence-electron chi connectivity index (χ0n) is 10.2. The average molecular weight is 245 g/mol. The standard InChI is InChI=1S/C14H15NO3/c1-9-6-11-7-10(2-3-13(11)18-9)14(16)15-12-4-5-17-8-12/h2-3,6-7,12H,4-5,8H2,1H3,(H,15,16). The molecule has 3 rings (SSSR count). The summed E-state index contributed by atoms with van der Waals surface area (Å²) in [6.07, 6.45) is 0.888. The van der Waals surface area contributed by atoms with Crippen molar-refractivity contribution in [3.8, 4) is 0 Å². The Morgan fingerprint density at radius 2 is 2.28 bits per heavy atom. The number of hydrogen-bond donors (Lipinski definition) is 1. The smallest absolute Gasteiger partial charge is 0.251 e. The fraction of sp³-hybridized carbons (Fsp3) is 0.357. The summed E-state index contributed by atoms with van der Waals surface area (Å²) in [7, 11) is 0. The van der Waals surface area contributed by atoms with E-state index in [0.29, 0.717) is 12.2 Å². The van der Waals surface area contributed by atoms with Gasteiger partial charge in [-0.15, -0.1) is 0 Å². The molecule has 18 heavy (non-hydrogen) atoms. The maximum atomic E-state index is 12.1. The molecule has 4 heteroatoms. The van der Waals surface area contributed by atoms with E-state index in [0.717, 1.165) is 29.8 Å². The third kappa shape index (κ3) is 2.11. The first-order valence-corrected chi connectivity index (χ1v) is 6.11. The number of fused-ring (bicyclic) bond motifs is 1. The van der Waals surface area contributed by atoms with Crippen molar-refractivity contribution in [1.29, 1.82) is 0 Å². The van der Waals surface area contributed by atoms with Gasteiger partial charge in [-0.25, -0.2) is 0 Å². The predicted molar refractivity (Wildman–Crippen MR) is 67.6 cm³/mol. The van der Waals surface area contributed by atoms with Gasteiger partial charge < -0.3 is 14.5 Å². The van der Waals surface area contributed by atoms with E-state index in [1.165, 1.54) is 0 Å². The minimum absolute atomic E-state index is 0.0498. The molecule has 0 spiro atoms. The molecule has 4 nitrogen and oxygen atoms in total. The van der Waals surface area contributed by atoms with Crippen molar-refractivity contribution in [2.45, 2.75) is 19.4 Å². The van der Waals surface area contributed by atoms with Crippen molar-refractivity contribution < 1.29 is 13.9 Å². The van der Waals surface area contributed by atoms with E-state index in [1.807, 2.05) is 25.1 Å². The zero-order chi connectivity index (χ0) is 12.5. The lowest BCUT2D eigenvalue weighted by molar-refractivity contribution is 0.0930. The van der Waals surface area contributed by atoms with Crippen molar-refractivity contribution in [1.82, 2.24) is 5.32 Å². The summed E-state index contributed by atoms with van der Waals surface area (Å²) >= 11 is 0. The average Bonchev–Trinajstić information content (AvgIpc) is 2.95. The van der Waals surface area contributed by atoms with Crippen molar-refractivity contribution in [2.24, 2.45) is 0 Å². The normalized spacial score (nSPS) is 19.3. The summed E-state index contributed by atoms with van der Waals surface area (Å²) in [6.45, 7) is 3.24. The van der Waals surface area contributed by atoms with Crippen molar-refractivity contribution >= 4 is 16.9 Å². The van der Waals surface area contributed by atoms with Crippen LogP contribution in [0, 0.1) is 6.92 Å². The number of furan rings is 1. The van der Waals surface area contributed by atoms with Crippen LogP contribution < -0.4 is 5.32 Å². The van der Waals surface area contributed by atoms with Crippen molar-refractivity contribution in [2.75, 3.05) is 13.2 Å². The van der Waals surface area contributed by atoms with Gasteiger partial charge in [0.1, 0.15) is 11.3 Å². The van der Waals surface area contributed by atoms with Crippen LogP contribution in [-0.4, -0.2) is 25.2 Å². The van der Waals surface area contributed by atoms with E-state index < -0.39 is 0 Å². The predicted octanol–water partition coefficient (Wildman–Crippen LogP) is 2.26. The highest BCUT2D eigenvalue weighted by Gasteiger charge is 2.18. The van der Waals surface area contributed by atoms with Gasteiger partial charge in [0.15, 0.2) is 0 Å². The Hall–Kier alpha value is -1.81. The molecule has 0 aliphatic carbocycles. The van der Waals surface area contributed by atoms with Crippen LogP contribution in [0.2, 0.25) is 0 Å². The van der Waals surface area contributed by atoms with E-state index in [-0.39, 0.29) is 11.9 Å². The number of hydrogen-bond acceptors (Lipinski definition) is 3. The number of carbonyl (C=O) groups excluding carboxylic acids is 1. The largest absolute Gasteiger partial charge is 0.461 e. The van der Waals surface area contributed by atoms with Crippen LogP contribution in [0.1, 0.15) is 22.5 Å². The van der Waals surface area contributed by atoms with Crippen molar-refractivity contribution in [3.63, 3.8) is 0 Å². The second-order valence-electron chi connectivity index (χ2n) is 4.64. The highest BCUT2D eigenvalue weighted by atomic mass is 16.5. The lowest BCUT2D eigenvalue weighted by Gasteiger charge is -2.10. The van der Waals surface area contributed by atoms with Gasteiger partial charge in [-0.05, 0) is 37.6 Å². The summed E-state index contributed by atoms with van der Waals surface area (Å²) in [5.74, 6) is 0.804. The number of rotatable bonds is 2. The van der Waals surface area contributed by atoms with Gasteiger partial charge in [0.25, 0.3) is 5.91 Å². The number of nitrogens with one attached hydrogen (secondary N) is 1. The highest BCUT2D eigenvalue weighted by molar-refractivity contribution is 5.98. The quantitative estimate of drug-likeness (QED) is 0.883. The fourth-order valence-electron chi connectivity index (χ4n) is 2.23. The van der Waals surface area contributed by atoms with Crippen LogP contribution in [0.15, 0.2) is 28.7 Å². The van der Waals surface area contributed by atoms with Crippen LogP contribution in [0.4, 0.5) is 0 Å². The first-order valence-electron chi connectivity index (χ1n) is 6.11. The number of aryl methyl sites for hydroxylation is 1. The molecular weight excluding hydrogens is 230 g/mol. The number of benzene rings is 1. The molecule has 1 aromatic carbocycles. The Kier molecular flexibility index (Phi) is 2.80. The van der Waals surface area contributed by atoms with Gasteiger partial charge in [-0.3, -0.25) is 4.79 Å². The minimum Gasteiger partial charge on any atom is -0.461 e. The lowest BCUT2D eigenvalue weighted by Crippen LogP contribution is -2.34. The number of ether oxygens (including phenoxy) is 1. The third-order valence-electron chi connectivity index (χ3n) is 3.17. The van der Waals surface area contributed by atoms with Gasteiger partial charge >= 0.3 is 0 Å². The van der Waals surface area contributed by atoms with Crippen LogP contribution in [-0.2, 0) is 4.74 Å². The van der Waals surface area contributed by atoms with Gasteiger partial charge in [-0.2, -0.15) is 0 Å². The summed E-state index contributed by atoms with van der Waals surface area (Å²) in [4.78, 5) is 12.1. The fourth-order valence-corrected chi connectivity index (χ4v) is 2.23. The molecule has 1 aliphatic heterocycles. The SMILES string of the molecule is Cc1cc2cc(C(=O)NC3CCOC3)ccc2o1. The van der Waals surface area contributed by atoms with E-state index in [1.54, 1.807) is 6.07 Å². The summed E-state index contributed by atoms with van der Waals surface area (Å²) in [6, 6.07) is 7.56. The monoisotopic (exact) mass is 245 g/mol. The minimum atomic E-state index is -0.0498. The van der Waals surface area contributed by atoms with Crippen molar-refractivity contribution in [3.05, 3.63) is 35.6 Å². The molecule has 94 valence electrons. The molecule has 0 radical (unpaired) electrons. The Balaban J connectivity index is 1.81.